The molecule has 0 bridgehead atoms. The van der Waals surface area contributed by atoms with Gasteiger partial charge in [-0.25, -0.2) is 0 Å². The van der Waals surface area contributed by atoms with Gasteiger partial charge in [-0.05, 0) is 44.6 Å². The van der Waals surface area contributed by atoms with E-state index >= 15 is 0 Å². The van der Waals surface area contributed by atoms with Gasteiger partial charge in [0.1, 0.15) is 0 Å². The molecule has 0 aromatic carbocycles. The molecule has 3 atom stereocenters. The molecule has 0 spiro atoms. The Bertz CT molecular complexity index is 193. The van der Waals surface area contributed by atoms with E-state index in [-0.39, 0.29) is 6.10 Å². The van der Waals surface area contributed by atoms with Crippen LogP contribution in [0.25, 0.3) is 0 Å². The highest BCUT2D eigenvalue weighted by atomic mass is 16.3. The Balaban J connectivity index is 1.75. The topological polar surface area (TPSA) is 23.5 Å². The Morgan fingerprint density at radius 3 is 2.67 bits per heavy atom. The number of hydrogen-bond donors (Lipinski definition) is 1. The lowest BCUT2D eigenvalue weighted by Gasteiger charge is -2.41. The summed E-state index contributed by atoms with van der Waals surface area (Å²) < 4.78 is 0. The monoisotopic (exact) mass is 211 g/mol. The summed E-state index contributed by atoms with van der Waals surface area (Å²) in [5.74, 6) is 2.00. The van der Waals surface area contributed by atoms with Crippen molar-refractivity contribution in [2.45, 2.75) is 51.6 Å². The summed E-state index contributed by atoms with van der Waals surface area (Å²) >= 11 is 0. The van der Waals surface area contributed by atoms with Crippen molar-refractivity contribution >= 4 is 0 Å². The van der Waals surface area contributed by atoms with Gasteiger partial charge in [0.05, 0.1) is 6.10 Å². The highest BCUT2D eigenvalue weighted by molar-refractivity contribution is 4.83. The molecule has 2 heteroatoms. The van der Waals surface area contributed by atoms with Crippen LogP contribution >= 0.6 is 0 Å². The molecule has 2 fully saturated rings. The molecule has 2 aliphatic rings. The van der Waals surface area contributed by atoms with Crippen LogP contribution in [0, 0.1) is 11.8 Å². The van der Waals surface area contributed by atoms with Crippen LogP contribution in [0.1, 0.15) is 45.4 Å². The van der Waals surface area contributed by atoms with Crippen molar-refractivity contribution in [3.05, 3.63) is 0 Å². The van der Waals surface area contributed by atoms with E-state index in [2.05, 4.69) is 4.90 Å². The SMILES string of the molecule is CC(O)CCN1CCC2CCCCC2C1. The second kappa shape index (κ2) is 5.31. The lowest BCUT2D eigenvalue weighted by Crippen LogP contribution is -2.42. The van der Waals surface area contributed by atoms with E-state index in [1.807, 2.05) is 6.92 Å². The van der Waals surface area contributed by atoms with Crippen molar-refractivity contribution in [3.8, 4) is 0 Å². The van der Waals surface area contributed by atoms with Gasteiger partial charge in [-0.3, -0.25) is 0 Å². The van der Waals surface area contributed by atoms with Gasteiger partial charge < -0.3 is 10.0 Å². The molecule has 15 heavy (non-hydrogen) atoms. The number of nitrogens with zero attached hydrogens (tertiary/aromatic N) is 1. The average molecular weight is 211 g/mol. The Morgan fingerprint density at radius 2 is 1.93 bits per heavy atom. The second-order valence-electron chi connectivity index (χ2n) is 5.53. The Hall–Kier alpha value is -0.0800. The zero-order chi connectivity index (χ0) is 10.7. The fraction of sp³-hybridized carbons (Fsp3) is 1.00. The maximum Gasteiger partial charge on any atom is 0.0524 e. The Morgan fingerprint density at radius 1 is 1.20 bits per heavy atom. The van der Waals surface area contributed by atoms with Crippen LogP contribution in [0.5, 0.6) is 0 Å². The number of aliphatic hydroxyl groups excluding tert-OH is 1. The second-order valence-corrected chi connectivity index (χ2v) is 5.53. The zero-order valence-electron chi connectivity index (χ0n) is 9.99. The Labute approximate surface area is 93.7 Å². The maximum absolute atomic E-state index is 9.29. The fourth-order valence-corrected chi connectivity index (χ4v) is 3.25. The molecule has 2 nitrogen and oxygen atoms in total. The van der Waals surface area contributed by atoms with Crippen LogP contribution in [0.4, 0.5) is 0 Å². The van der Waals surface area contributed by atoms with Gasteiger partial charge in [0.15, 0.2) is 0 Å². The lowest BCUT2D eigenvalue weighted by molar-refractivity contribution is 0.0735. The van der Waals surface area contributed by atoms with Crippen molar-refractivity contribution in [1.29, 1.82) is 0 Å². The summed E-state index contributed by atoms with van der Waals surface area (Å²) in [6.07, 6.45) is 8.07. The van der Waals surface area contributed by atoms with Gasteiger partial charge in [-0.1, -0.05) is 19.3 Å². The third kappa shape index (κ3) is 3.18. The van der Waals surface area contributed by atoms with E-state index in [9.17, 15) is 5.11 Å². The molecule has 2 rings (SSSR count). The first-order valence-electron chi connectivity index (χ1n) is 6.66. The van der Waals surface area contributed by atoms with E-state index in [4.69, 9.17) is 0 Å². The quantitative estimate of drug-likeness (QED) is 0.774. The van der Waals surface area contributed by atoms with Gasteiger partial charge in [0, 0.05) is 13.1 Å². The molecular formula is C13H25NO. The number of aliphatic hydroxyl groups is 1. The maximum atomic E-state index is 9.29. The van der Waals surface area contributed by atoms with Crippen molar-refractivity contribution in [1.82, 2.24) is 4.90 Å². The molecule has 1 aliphatic carbocycles. The van der Waals surface area contributed by atoms with Crippen molar-refractivity contribution in [2.24, 2.45) is 11.8 Å². The first-order chi connectivity index (χ1) is 7.25. The van der Waals surface area contributed by atoms with Gasteiger partial charge in [-0.15, -0.1) is 0 Å². The summed E-state index contributed by atoms with van der Waals surface area (Å²) in [5.41, 5.74) is 0. The minimum Gasteiger partial charge on any atom is -0.393 e. The van der Waals surface area contributed by atoms with Crippen LogP contribution < -0.4 is 0 Å². The first-order valence-corrected chi connectivity index (χ1v) is 6.66. The van der Waals surface area contributed by atoms with E-state index < -0.39 is 0 Å². The number of rotatable bonds is 3. The van der Waals surface area contributed by atoms with E-state index in [0.717, 1.165) is 24.8 Å². The van der Waals surface area contributed by atoms with Crippen LogP contribution in [0.3, 0.4) is 0 Å². The molecule has 1 saturated carbocycles. The van der Waals surface area contributed by atoms with Crippen LogP contribution in [-0.4, -0.2) is 35.7 Å². The van der Waals surface area contributed by atoms with Crippen LogP contribution in [0.2, 0.25) is 0 Å². The molecule has 0 aromatic rings. The van der Waals surface area contributed by atoms with Crippen molar-refractivity contribution in [2.75, 3.05) is 19.6 Å². The molecular weight excluding hydrogens is 186 g/mol. The standard InChI is InChI=1S/C13H25NO/c1-11(15)6-8-14-9-7-12-4-2-3-5-13(12)10-14/h11-13,15H,2-10H2,1H3. The molecule has 1 heterocycles. The smallest absolute Gasteiger partial charge is 0.0524 e. The van der Waals surface area contributed by atoms with Crippen molar-refractivity contribution < 1.29 is 5.11 Å². The van der Waals surface area contributed by atoms with E-state index in [1.165, 1.54) is 45.2 Å². The van der Waals surface area contributed by atoms with E-state index in [1.54, 1.807) is 0 Å². The number of hydrogen-bond acceptors (Lipinski definition) is 2. The zero-order valence-corrected chi connectivity index (χ0v) is 9.99. The molecule has 3 unspecified atom stereocenters. The lowest BCUT2D eigenvalue weighted by atomic mass is 9.75. The number of fused-ring (bicyclic) bond motifs is 1. The molecule has 1 saturated heterocycles. The summed E-state index contributed by atoms with van der Waals surface area (Å²) in [6, 6.07) is 0. The minimum absolute atomic E-state index is 0.130. The molecule has 0 aromatic heterocycles. The molecule has 88 valence electrons. The summed E-state index contributed by atoms with van der Waals surface area (Å²) in [6.45, 7) is 5.57. The third-order valence-electron chi connectivity index (χ3n) is 4.24. The normalized spacial score (nSPS) is 34.8. The molecule has 0 radical (unpaired) electrons. The van der Waals surface area contributed by atoms with Gasteiger partial charge >= 0.3 is 0 Å². The van der Waals surface area contributed by atoms with Crippen molar-refractivity contribution in [3.63, 3.8) is 0 Å². The molecule has 1 N–H and O–H groups in total. The molecule has 0 amide bonds. The van der Waals surface area contributed by atoms with Crippen LogP contribution in [0.15, 0.2) is 0 Å². The van der Waals surface area contributed by atoms with Gasteiger partial charge in [0.25, 0.3) is 0 Å². The van der Waals surface area contributed by atoms with Crippen LogP contribution in [-0.2, 0) is 0 Å². The minimum atomic E-state index is -0.130. The number of piperidine rings is 1. The van der Waals surface area contributed by atoms with Gasteiger partial charge in [0.2, 0.25) is 0 Å². The summed E-state index contributed by atoms with van der Waals surface area (Å²) in [5, 5.41) is 9.29. The highest BCUT2D eigenvalue weighted by Gasteiger charge is 2.30. The first kappa shape index (κ1) is 11.4. The average Bonchev–Trinajstić information content (AvgIpc) is 2.26. The molecule has 1 aliphatic heterocycles. The predicted molar refractivity (Wildman–Crippen MR) is 62.8 cm³/mol. The van der Waals surface area contributed by atoms with E-state index in [0.29, 0.717) is 0 Å². The predicted octanol–water partition coefficient (Wildman–Crippen LogP) is 2.27. The Kier molecular flexibility index (Phi) is 4.04. The largest absolute Gasteiger partial charge is 0.393 e. The number of likely N-dealkylation sites (tertiary alicyclic amines) is 1. The third-order valence-corrected chi connectivity index (χ3v) is 4.24. The highest BCUT2D eigenvalue weighted by Crippen LogP contribution is 2.35. The summed E-state index contributed by atoms with van der Waals surface area (Å²) in [4.78, 5) is 2.57. The fourth-order valence-electron chi connectivity index (χ4n) is 3.25. The van der Waals surface area contributed by atoms with Gasteiger partial charge in [-0.2, -0.15) is 0 Å². The summed E-state index contributed by atoms with van der Waals surface area (Å²) in [7, 11) is 0.